The molecular weight excluding hydrogens is 253 g/mol. The van der Waals surface area contributed by atoms with Crippen LogP contribution in [0.25, 0.3) is 0 Å². The molecule has 1 aromatic carbocycles. The Morgan fingerprint density at radius 1 is 1.18 bits per heavy atom. The van der Waals surface area contributed by atoms with Crippen molar-refractivity contribution in [1.29, 1.82) is 0 Å². The Labute approximate surface area is 115 Å². The van der Waals surface area contributed by atoms with E-state index in [1.165, 1.54) is 6.42 Å². The van der Waals surface area contributed by atoms with E-state index in [9.17, 15) is 0 Å². The van der Waals surface area contributed by atoms with E-state index in [-0.39, 0.29) is 6.04 Å². The maximum atomic E-state index is 6.20. The SMILES string of the molecule is CCC(C)C(C)NC(C)c1ccc(Cl)cc1Cl. The molecule has 17 heavy (non-hydrogen) atoms. The maximum Gasteiger partial charge on any atom is 0.0468 e. The lowest BCUT2D eigenvalue weighted by Gasteiger charge is -2.25. The molecule has 3 unspecified atom stereocenters. The number of hydrogen-bond acceptors (Lipinski definition) is 1. The smallest absolute Gasteiger partial charge is 0.0468 e. The van der Waals surface area contributed by atoms with Crippen molar-refractivity contribution >= 4 is 23.2 Å². The second-order valence-corrected chi connectivity index (χ2v) is 5.57. The third kappa shape index (κ3) is 4.17. The van der Waals surface area contributed by atoms with Gasteiger partial charge in [0.2, 0.25) is 0 Å². The highest BCUT2D eigenvalue weighted by Gasteiger charge is 2.15. The van der Waals surface area contributed by atoms with E-state index < -0.39 is 0 Å². The van der Waals surface area contributed by atoms with Gasteiger partial charge >= 0.3 is 0 Å². The summed E-state index contributed by atoms with van der Waals surface area (Å²) in [6, 6.07) is 6.39. The molecule has 0 heterocycles. The standard InChI is InChI=1S/C14H21Cl2N/c1-5-9(2)10(3)17-11(4)13-7-6-12(15)8-14(13)16/h6-11,17H,5H2,1-4H3. The fourth-order valence-electron chi connectivity index (χ4n) is 1.85. The van der Waals surface area contributed by atoms with E-state index in [0.29, 0.717) is 17.0 Å². The van der Waals surface area contributed by atoms with Gasteiger partial charge in [-0.25, -0.2) is 0 Å². The van der Waals surface area contributed by atoms with Crippen LogP contribution in [0.1, 0.15) is 45.7 Å². The van der Waals surface area contributed by atoms with E-state index in [1.807, 2.05) is 12.1 Å². The molecule has 0 saturated carbocycles. The highest BCUT2D eigenvalue weighted by molar-refractivity contribution is 6.35. The molecule has 0 aromatic heterocycles. The number of nitrogens with one attached hydrogen (secondary N) is 1. The summed E-state index contributed by atoms with van der Waals surface area (Å²) >= 11 is 12.1. The largest absolute Gasteiger partial charge is 0.307 e. The first kappa shape index (κ1) is 14.8. The van der Waals surface area contributed by atoms with Crippen LogP contribution in [0.3, 0.4) is 0 Å². The van der Waals surface area contributed by atoms with Crippen molar-refractivity contribution in [3.8, 4) is 0 Å². The topological polar surface area (TPSA) is 12.0 Å². The lowest BCUT2D eigenvalue weighted by atomic mass is 9.99. The average molecular weight is 274 g/mol. The molecule has 1 N–H and O–H groups in total. The van der Waals surface area contributed by atoms with Crippen molar-refractivity contribution in [2.24, 2.45) is 5.92 Å². The van der Waals surface area contributed by atoms with Gasteiger partial charge in [0.15, 0.2) is 0 Å². The Morgan fingerprint density at radius 2 is 1.82 bits per heavy atom. The minimum atomic E-state index is 0.240. The number of hydrogen-bond donors (Lipinski definition) is 1. The average Bonchev–Trinajstić information content (AvgIpc) is 2.27. The Morgan fingerprint density at radius 3 is 2.35 bits per heavy atom. The summed E-state index contributed by atoms with van der Waals surface area (Å²) in [5.41, 5.74) is 1.10. The predicted molar refractivity (Wildman–Crippen MR) is 76.9 cm³/mol. The summed E-state index contributed by atoms with van der Waals surface area (Å²) in [6.45, 7) is 8.82. The zero-order valence-corrected chi connectivity index (χ0v) is 12.4. The molecule has 96 valence electrons. The Balaban J connectivity index is 2.72. The minimum Gasteiger partial charge on any atom is -0.307 e. The van der Waals surface area contributed by atoms with Crippen molar-refractivity contribution in [1.82, 2.24) is 5.32 Å². The molecular formula is C14H21Cl2N. The Hall–Kier alpha value is -0.240. The van der Waals surface area contributed by atoms with Crippen molar-refractivity contribution in [2.45, 2.75) is 46.2 Å². The molecule has 0 spiro atoms. The Bertz CT molecular complexity index is 365. The van der Waals surface area contributed by atoms with Gasteiger partial charge in [0.25, 0.3) is 0 Å². The quantitative estimate of drug-likeness (QED) is 0.789. The van der Waals surface area contributed by atoms with Crippen LogP contribution < -0.4 is 5.32 Å². The number of rotatable bonds is 5. The van der Waals surface area contributed by atoms with Crippen LogP contribution in [0.4, 0.5) is 0 Å². The van der Waals surface area contributed by atoms with Gasteiger partial charge in [0, 0.05) is 22.1 Å². The highest BCUT2D eigenvalue weighted by Crippen LogP contribution is 2.26. The van der Waals surface area contributed by atoms with Crippen molar-refractivity contribution in [3.63, 3.8) is 0 Å². The summed E-state index contributed by atoms with van der Waals surface area (Å²) < 4.78 is 0. The second-order valence-electron chi connectivity index (χ2n) is 4.73. The molecule has 0 radical (unpaired) electrons. The highest BCUT2D eigenvalue weighted by atomic mass is 35.5. The van der Waals surface area contributed by atoms with Crippen LogP contribution in [-0.4, -0.2) is 6.04 Å². The minimum absolute atomic E-state index is 0.240. The predicted octanol–water partition coefficient (Wildman–Crippen LogP) is 5.08. The van der Waals surface area contributed by atoms with Crippen LogP contribution in [-0.2, 0) is 0 Å². The van der Waals surface area contributed by atoms with Gasteiger partial charge in [-0.3, -0.25) is 0 Å². The van der Waals surface area contributed by atoms with Crippen LogP contribution >= 0.6 is 23.2 Å². The molecule has 3 heteroatoms. The molecule has 0 aliphatic rings. The third-order valence-corrected chi connectivity index (χ3v) is 4.00. The van der Waals surface area contributed by atoms with Gasteiger partial charge in [0.1, 0.15) is 0 Å². The third-order valence-electron chi connectivity index (χ3n) is 3.44. The van der Waals surface area contributed by atoms with E-state index >= 15 is 0 Å². The van der Waals surface area contributed by atoms with Crippen molar-refractivity contribution in [2.75, 3.05) is 0 Å². The second kappa shape index (κ2) is 6.63. The first-order valence-electron chi connectivity index (χ1n) is 6.16. The normalized spacial score (nSPS) is 16.6. The Kier molecular flexibility index (Phi) is 5.78. The van der Waals surface area contributed by atoms with Crippen molar-refractivity contribution in [3.05, 3.63) is 33.8 Å². The van der Waals surface area contributed by atoms with Crippen LogP contribution in [0.2, 0.25) is 10.0 Å². The summed E-state index contributed by atoms with van der Waals surface area (Å²) in [5.74, 6) is 0.656. The van der Waals surface area contributed by atoms with E-state index in [2.05, 4.69) is 33.0 Å². The first-order chi connectivity index (χ1) is 7.95. The van der Waals surface area contributed by atoms with Gasteiger partial charge in [-0.2, -0.15) is 0 Å². The molecule has 0 aliphatic heterocycles. The molecule has 0 aliphatic carbocycles. The molecule has 0 amide bonds. The molecule has 1 rings (SSSR count). The van der Waals surface area contributed by atoms with Gasteiger partial charge in [-0.15, -0.1) is 0 Å². The van der Waals surface area contributed by atoms with E-state index in [1.54, 1.807) is 6.07 Å². The maximum absolute atomic E-state index is 6.20. The molecule has 0 fully saturated rings. The summed E-state index contributed by atoms with van der Waals surface area (Å²) in [7, 11) is 0. The lowest BCUT2D eigenvalue weighted by Crippen LogP contribution is -2.34. The molecule has 0 bridgehead atoms. The van der Waals surface area contributed by atoms with Gasteiger partial charge < -0.3 is 5.32 Å². The van der Waals surface area contributed by atoms with Gasteiger partial charge in [-0.1, -0.05) is 49.5 Å². The van der Waals surface area contributed by atoms with Crippen molar-refractivity contribution < 1.29 is 0 Å². The van der Waals surface area contributed by atoms with E-state index in [0.717, 1.165) is 10.6 Å². The summed E-state index contributed by atoms with van der Waals surface area (Å²) in [5, 5.41) is 4.99. The fraction of sp³-hybridized carbons (Fsp3) is 0.571. The first-order valence-corrected chi connectivity index (χ1v) is 6.92. The summed E-state index contributed by atoms with van der Waals surface area (Å²) in [6.07, 6.45) is 1.18. The van der Waals surface area contributed by atoms with Gasteiger partial charge in [0.05, 0.1) is 0 Å². The van der Waals surface area contributed by atoms with Gasteiger partial charge in [-0.05, 0) is 37.5 Å². The summed E-state index contributed by atoms with van der Waals surface area (Å²) in [4.78, 5) is 0. The van der Waals surface area contributed by atoms with Crippen LogP contribution in [0.5, 0.6) is 0 Å². The zero-order chi connectivity index (χ0) is 13.0. The number of halogens is 2. The number of benzene rings is 1. The molecule has 1 nitrogen and oxygen atoms in total. The molecule has 1 aromatic rings. The monoisotopic (exact) mass is 273 g/mol. The lowest BCUT2D eigenvalue weighted by molar-refractivity contribution is 0.360. The fourth-order valence-corrected chi connectivity index (χ4v) is 2.43. The van der Waals surface area contributed by atoms with Crippen LogP contribution in [0.15, 0.2) is 18.2 Å². The van der Waals surface area contributed by atoms with E-state index in [4.69, 9.17) is 23.2 Å². The zero-order valence-electron chi connectivity index (χ0n) is 10.9. The van der Waals surface area contributed by atoms with Crippen LogP contribution in [0, 0.1) is 5.92 Å². The molecule has 0 saturated heterocycles. The molecule has 3 atom stereocenters.